The fourth-order valence-electron chi connectivity index (χ4n) is 2.53. The van der Waals surface area contributed by atoms with E-state index in [0.717, 1.165) is 18.5 Å². The molecule has 0 radical (unpaired) electrons. The molecule has 0 fully saturated rings. The predicted molar refractivity (Wildman–Crippen MR) is 85.1 cm³/mol. The molecule has 1 heterocycles. The van der Waals surface area contributed by atoms with Crippen molar-refractivity contribution < 1.29 is 4.39 Å². The summed E-state index contributed by atoms with van der Waals surface area (Å²) in [6.45, 7) is 5.01. The quantitative estimate of drug-likeness (QED) is 0.859. The van der Waals surface area contributed by atoms with Gasteiger partial charge < -0.3 is 5.32 Å². The Labute approximate surface area is 130 Å². The van der Waals surface area contributed by atoms with Crippen LogP contribution in [0.15, 0.2) is 36.7 Å². The number of hydrogen-bond acceptors (Lipinski definition) is 2. The number of nitrogens with zero attached hydrogens (tertiary/aromatic N) is 1. The number of benzene rings is 1. The standard InChI is InChI=1S/C17H20ClFN2/c1-3-12-11-20-8-7-15(12)17(21-4-2)10-13-9-14(19)5-6-16(13)18/h5-9,11,17,21H,3-4,10H2,1-2H3. The minimum atomic E-state index is -0.255. The van der Waals surface area contributed by atoms with Crippen LogP contribution in [0.25, 0.3) is 0 Å². The molecule has 21 heavy (non-hydrogen) atoms. The van der Waals surface area contributed by atoms with Crippen LogP contribution in [0.5, 0.6) is 0 Å². The van der Waals surface area contributed by atoms with Crippen LogP contribution in [0.1, 0.15) is 36.6 Å². The van der Waals surface area contributed by atoms with Gasteiger partial charge in [-0.2, -0.15) is 0 Å². The topological polar surface area (TPSA) is 24.9 Å². The molecule has 4 heteroatoms. The molecular weight excluding hydrogens is 287 g/mol. The van der Waals surface area contributed by atoms with Crippen LogP contribution < -0.4 is 5.32 Å². The van der Waals surface area contributed by atoms with E-state index >= 15 is 0 Å². The first-order valence-electron chi connectivity index (χ1n) is 7.25. The number of nitrogens with one attached hydrogen (secondary N) is 1. The van der Waals surface area contributed by atoms with Crippen molar-refractivity contribution >= 4 is 11.6 Å². The minimum Gasteiger partial charge on any atom is -0.310 e. The van der Waals surface area contributed by atoms with E-state index in [2.05, 4.69) is 24.1 Å². The number of aromatic nitrogens is 1. The molecule has 0 bridgehead atoms. The van der Waals surface area contributed by atoms with Gasteiger partial charge in [0.25, 0.3) is 0 Å². The van der Waals surface area contributed by atoms with Gasteiger partial charge in [0, 0.05) is 23.5 Å². The normalized spacial score (nSPS) is 12.4. The molecule has 1 aromatic heterocycles. The molecule has 1 N–H and O–H groups in total. The fourth-order valence-corrected chi connectivity index (χ4v) is 2.73. The van der Waals surface area contributed by atoms with Crippen LogP contribution in [-0.2, 0) is 12.8 Å². The van der Waals surface area contributed by atoms with Gasteiger partial charge in [-0.15, -0.1) is 0 Å². The van der Waals surface area contributed by atoms with Gasteiger partial charge in [0.1, 0.15) is 5.82 Å². The van der Waals surface area contributed by atoms with E-state index in [1.165, 1.54) is 23.3 Å². The highest BCUT2D eigenvalue weighted by atomic mass is 35.5. The summed E-state index contributed by atoms with van der Waals surface area (Å²) in [5.41, 5.74) is 3.23. The van der Waals surface area contributed by atoms with Gasteiger partial charge in [0.15, 0.2) is 0 Å². The van der Waals surface area contributed by atoms with Crippen LogP contribution in [0.2, 0.25) is 5.02 Å². The molecule has 0 aliphatic rings. The third kappa shape index (κ3) is 4.02. The zero-order valence-electron chi connectivity index (χ0n) is 12.4. The Kier molecular flexibility index (Phi) is 5.71. The molecule has 2 aromatic rings. The Balaban J connectivity index is 2.33. The second kappa shape index (κ2) is 7.53. The lowest BCUT2D eigenvalue weighted by molar-refractivity contribution is 0.542. The van der Waals surface area contributed by atoms with Crippen molar-refractivity contribution in [2.24, 2.45) is 0 Å². The highest BCUT2D eigenvalue weighted by molar-refractivity contribution is 6.31. The Morgan fingerprint density at radius 2 is 2.05 bits per heavy atom. The van der Waals surface area contributed by atoms with Gasteiger partial charge >= 0.3 is 0 Å². The first-order chi connectivity index (χ1) is 10.2. The Bertz CT molecular complexity index is 601. The lowest BCUT2D eigenvalue weighted by Gasteiger charge is -2.21. The average Bonchev–Trinajstić information content (AvgIpc) is 2.50. The third-order valence-corrected chi connectivity index (χ3v) is 3.95. The molecule has 0 aliphatic carbocycles. The van der Waals surface area contributed by atoms with E-state index in [4.69, 9.17) is 11.6 Å². The number of aryl methyl sites for hydroxylation is 1. The molecule has 0 saturated carbocycles. The summed E-state index contributed by atoms with van der Waals surface area (Å²) in [5, 5.41) is 4.06. The van der Waals surface area contributed by atoms with Crippen LogP contribution in [0.4, 0.5) is 4.39 Å². The smallest absolute Gasteiger partial charge is 0.123 e. The van der Waals surface area contributed by atoms with Crippen molar-refractivity contribution in [3.63, 3.8) is 0 Å². The number of pyridine rings is 1. The van der Waals surface area contributed by atoms with Crippen molar-refractivity contribution in [1.29, 1.82) is 0 Å². The summed E-state index contributed by atoms with van der Waals surface area (Å²) in [6, 6.07) is 6.64. The summed E-state index contributed by atoms with van der Waals surface area (Å²) < 4.78 is 13.4. The van der Waals surface area contributed by atoms with Gasteiger partial charge in [-0.1, -0.05) is 25.4 Å². The second-order valence-corrected chi connectivity index (χ2v) is 5.39. The minimum absolute atomic E-state index is 0.104. The van der Waals surface area contributed by atoms with Crippen molar-refractivity contribution in [2.45, 2.75) is 32.7 Å². The summed E-state index contributed by atoms with van der Waals surface area (Å²) in [4.78, 5) is 4.18. The van der Waals surface area contributed by atoms with Gasteiger partial charge in [-0.05, 0) is 60.3 Å². The molecule has 0 spiro atoms. The summed E-state index contributed by atoms with van der Waals surface area (Å²) in [6.07, 6.45) is 5.27. The highest BCUT2D eigenvalue weighted by Crippen LogP contribution is 2.26. The van der Waals surface area contributed by atoms with Gasteiger partial charge in [0.2, 0.25) is 0 Å². The molecule has 1 unspecified atom stereocenters. The third-order valence-electron chi connectivity index (χ3n) is 3.58. The molecule has 2 rings (SSSR count). The van der Waals surface area contributed by atoms with Gasteiger partial charge in [-0.3, -0.25) is 4.98 Å². The van der Waals surface area contributed by atoms with Gasteiger partial charge in [-0.25, -0.2) is 4.39 Å². The average molecular weight is 307 g/mol. The first-order valence-corrected chi connectivity index (χ1v) is 7.63. The number of rotatable bonds is 6. The monoisotopic (exact) mass is 306 g/mol. The van der Waals surface area contributed by atoms with E-state index in [1.54, 1.807) is 12.3 Å². The Morgan fingerprint density at radius 1 is 1.24 bits per heavy atom. The zero-order valence-corrected chi connectivity index (χ0v) is 13.1. The van der Waals surface area contributed by atoms with E-state index in [-0.39, 0.29) is 11.9 Å². The van der Waals surface area contributed by atoms with Crippen molar-refractivity contribution in [2.75, 3.05) is 6.54 Å². The highest BCUT2D eigenvalue weighted by Gasteiger charge is 2.16. The van der Waals surface area contributed by atoms with Crippen LogP contribution in [0.3, 0.4) is 0 Å². The molecule has 1 atom stereocenters. The maximum absolute atomic E-state index is 13.4. The maximum Gasteiger partial charge on any atom is 0.123 e. The first kappa shape index (κ1) is 15.9. The number of likely N-dealkylation sites (N-methyl/N-ethyl adjacent to an activating group) is 1. The molecule has 0 amide bonds. The summed E-state index contributed by atoms with van der Waals surface area (Å²) in [7, 11) is 0. The molecule has 2 nitrogen and oxygen atoms in total. The lowest BCUT2D eigenvalue weighted by Crippen LogP contribution is -2.24. The fraction of sp³-hybridized carbons (Fsp3) is 0.353. The van der Waals surface area contributed by atoms with Crippen molar-refractivity contribution in [1.82, 2.24) is 10.3 Å². The summed E-state index contributed by atoms with van der Waals surface area (Å²) >= 11 is 6.19. The van der Waals surface area contributed by atoms with Crippen LogP contribution in [0, 0.1) is 5.82 Å². The van der Waals surface area contributed by atoms with Gasteiger partial charge in [0.05, 0.1) is 0 Å². The predicted octanol–water partition coefficient (Wildman–Crippen LogP) is 4.33. The summed E-state index contributed by atoms with van der Waals surface area (Å²) in [5.74, 6) is -0.255. The van der Waals surface area contributed by atoms with E-state index in [0.29, 0.717) is 11.4 Å². The molecule has 112 valence electrons. The van der Waals surface area contributed by atoms with E-state index < -0.39 is 0 Å². The molecule has 1 aromatic carbocycles. The zero-order chi connectivity index (χ0) is 15.2. The Morgan fingerprint density at radius 3 is 2.76 bits per heavy atom. The molecule has 0 saturated heterocycles. The lowest BCUT2D eigenvalue weighted by atomic mass is 9.95. The van der Waals surface area contributed by atoms with Crippen LogP contribution in [-0.4, -0.2) is 11.5 Å². The van der Waals surface area contributed by atoms with Crippen molar-refractivity contribution in [3.05, 3.63) is 64.2 Å². The second-order valence-electron chi connectivity index (χ2n) is 4.98. The largest absolute Gasteiger partial charge is 0.310 e. The Hall–Kier alpha value is -1.45. The number of halogens is 2. The SMILES string of the molecule is CCNC(Cc1cc(F)ccc1Cl)c1ccncc1CC. The van der Waals surface area contributed by atoms with E-state index in [9.17, 15) is 4.39 Å². The van der Waals surface area contributed by atoms with Crippen LogP contribution >= 0.6 is 11.6 Å². The van der Waals surface area contributed by atoms with E-state index in [1.807, 2.05) is 12.3 Å². The molecule has 0 aliphatic heterocycles. The molecular formula is C17H20ClFN2. The maximum atomic E-state index is 13.4. The van der Waals surface area contributed by atoms with Crippen molar-refractivity contribution in [3.8, 4) is 0 Å². The number of hydrogen-bond donors (Lipinski definition) is 1.